The summed E-state index contributed by atoms with van der Waals surface area (Å²) < 4.78 is 0. The normalized spacial score (nSPS) is 12.1. The predicted molar refractivity (Wildman–Crippen MR) is 144 cm³/mol. The Balaban J connectivity index is 0.000000394. The van der Waals surface area contributed by atoms with E-state index in [4.69, 9.17) is 20.2 Å². The Hall–Kier alpha value is -2.69. The van der Waals surface area contributed by atoms with Crippen molar-refractivity contribution in [2.75, 3.05) is 0 Å². The van der Waals surface area contributed by atoms with Crippen molar-refractivity contribution in [1.82, 2.24) is 9.97 Å². The summed E-state index contributed by atoms with van der Waals surface area (Å²) in [5.74, 6) is 0. The average molecular weight is 660 g/mol. The van der Waals surface area contributed by atoms with Gasteiger partial charge in [0.15, 0.2) is 0 Å². The van der Waals surface area contributed by atoms with Crippen LogP contribution in [0, 0.1) is 19.9 Å². The van der Waals surface area contributed by atoms with Crippen molar-refractivity contribution in [3.8, 4) is 33.8 Å². The first-order valence-electron chi connectivity index (χ1n) is 12.3. The summed E-state index contributed by atoms with van der Waals surface area (Å²) in [4.78, 5) is 9.72. The standard InChI is InChI=1S/C24H19N2.C7H16O2.Ir/c1-17-8-12-20(13-9-17)23-24(21-14-10-18(2)11-15-21)26-22(16-25-23)19-6-4-3-5-7-19;1-3-6(8)5-7(9)4-2;/h3-12,14-16H,1-2H3;6-9H,3-5H2,1-2H3;/q-1;;. The molecule has 1 aromatic heterocycles. The van der Waals surface area contributed by atoms with Gasteiger partial charge in [0.2, 0.25) is 0 Å². The molecule has 0 bridgehead atoms. The van der Waals surface area contributed by atoms with E-state index in [1.54, 1.807) is 0 Å². The predicted octanol–water partition coefficient (Wildman–Crippen LogP) is 6.81. The van der Waals surface area contributed by atoms with E-state index in [1.165, 1.54) is 11.1 Å². The van der Waals surface area contributed by atoms with E-state index in [-0.39, 0.29) is 32.3 Å². The zero-order valence-electron chi connectivity index (χ0n) is 21.4. The fourth-order valence-corrected chi connectivity index (χ4v) is 3.54. The van der Waals surface area contributed by atoms with Crippen molar-refractivity contribution in [2.45, 2.75) is 59.2 Å². The summed E-state index contributed by atoms with van der Waals surface area (Å²) in [5.41, 5.74) is 8.09. The summed E-state index contributed by atoms with van der Waals surface area (Å²) in [6.07, 6.45) is 3.19. The van der Waals surface area contributed by atoms with E-state index in [0.29, 0.717) is 6.42 Å². The molecule has 0 aliphatic rings. The van der Waals surface area contributed by atoms with Crippen LogP contribution >= 0.6 is 0 Å². The number of aryl methyl sites for hydroxylation is 2. The number of hydrogen-bond donors (Lipinski definition) is 2. The summed E-state index contributed by atoms with van der Waals surface area (Å²) in [6.45, 7) is 7.97. The largest absolute Gasteiger partial charge is 0.393 e. The molecule has 2 unspecified atom stereocenters. The summed E-state index contributed by atoms with van der Waals surface area (Å²) in [6, 6.07) is 28.0. The molecule has 1 heterocycles. The molecule has 0 saturated heterocycles. The van der Waals surface area contributed by atoms with Crippen LogP contribution < -0.4 is 0 Å². The zero-order valence-corrected chi connectivity index (χ0v) is 23.8. The number of nitrogens with zero attached hydrogens (tertiary/aromatic N) is 2. The summed E-state index contributed by atoms with van der Waals surface area (Å²) in [7, 11) is 0. The Morgan fingerprint density at radius 3 is 1.92 bits per heavy atom. The second-order valence-electron chi connectivity index (χ2n) is 8.82. The molecule has 0 saturated carbocycles. The van der Waals surface area contributed by atoms with E-state index in [9.17, 15) is 0 Å². The van der Waals surface area contributed by atoms with Crippen molar-refractivity contribution >= 4 is 0 Å². The Morgan fingerprint density at radius 1 is 0.750 bits per heavy atom. The SMILES string of the molecule is CCC(O)CC(O)CC.Cc1c[c-]c(-c2ncc(-c3ccccc3)nc2-c2ccc(C)cc2)cc1.[Ir]. The molecule has 5 heteroatoms. The van der Waals surface area contributed by atoms with E-state index >= 15 is 0 Å². The Morgan fingerprint density at radius 2 is 1.36 bits per heavy atom. The maximum atomic E-state index is 9.00. The van der Waals surface area contributed by atoms with Crippen LogP contribution in [0.4, 0.5) is 0 Å². The molecule has 2 N–H and O–H groups in total. The number of benzene rings is 3. The molecular weight excluding hydrogens is 625 g/mol. The van der Waals surface area contributed by atoms with Crippen LogP contribution in [0.25, 0.3) is 33.8 Å². The quantitative estimate of drug-likeness (QED) is 0.214. The number of aliphatic hydroxyl groups excluding tert-OH is 2. The number of aromatic nitrogens is 2. The molecule has 0 fully saturated rings. The van der Waals surface area contributed by atoms with Gasteiger partial charge in [0.25, 0.3) is 0 Å². The molecule has 0 aliphatic heterocycles. The maximum absolute atomic E-state index is 9.00. The second-order valence-corrected chi connectivity index (χ2v) is 8.82. The number of rotatable bonds is 7. The molecule has 2 atom stereocenters. The average Bonchev–Trinajstić information content (AvgIpc) is 2.90. The first kappa shape index (κ1) is 29.5. The minimum Gasteiger partial charge on any atom is -0.393 e. The number of hydrogen-bond acceptors (Lipinski definition) is 4. The molecule has 1 radical (unpaired) electrons. The number of aliphatic hydroxyl groups is 2. The first-order valence-corrected chi connectivity index (χ1v) is 12.3. The molecule has 0 aliphatic carbocycles. The Kier molecular flexibility index (Phi) is 12.1. The molecular formula is C31H35IrN2O2-. The van der Waals surface area contributed by atoms with Crippen LogP contribution in [0.3, 0.4) is 0 Å². The van der Waals surface area contributed by atoms with Gasteiger partial charge in [-0.05, 0) is 31.7 Å². The molecule has 4 rings (SSSR count). The van der Waals surface area contributed by atoms with Crippen LogP contribution in [0.5, 0.6) is 0 Å². The van der Waals surface area contributed by atoms with E-state index in [1.807, 2.05) is 44.3 Å². The van der Waals surface area contributed by atoms with E-state index < -0.39 is 0 Å². The summed E-state index contributed by atoms with van der Waals surface area (Å²) in [5, 5.41) is 18.0. The third-order valence-electron chi connectivity index (χ3n) is 5.88. The van der Waals surface area contributed by atoms with Gasteiger partial charge in [-0.3, -0.25) is 4.98 Å². The molecule has 191 valence electrons. The minimum atomic E-state index is -0.319. The minimum absolute atomic E-state index is 0. The third-order valence-corrected chi connectivity index (χ3v) is 5.88. The van der Waals surface area contributed by atoms with Crippen LogP contribution in [0.2, 0.25) is 0 Å². The monoisotopic (exact) mass is 660 g/mol. The Bertz CT molecular complexity index is 1170. The van der Waals surface area contributed by atoms with Crippen molar-refractivity contribution in [3.05, 3.63) is 96.2 Å². The molecule has 3 aromatic carbocycles. The van der Waals surface area contributed by atoms with Crippen LogP contribution in [-0.4, -0.2) is 32.4 Å². The van der Waals surface area contributed by atoms with Crippen molar-refractivity contribution in [3.63, 3.8) is 0 Å². The molecule has 0 amide bonds. The fourth-order valence-electron chi connectivity index (χ4n) is 3.54. The van der Waals surface area contributed by atoms with Gasteiger partial charge in [-0.15, -0.1) is 35.4 Å². The van der Waals surface area contributed by atoms with Crippen molar-refractivity contribution in [1.29, 1.82) is 0 Å². The molecule has 0 spiro atoms. The van der Waals surface area contributed by atoms with E-state index in [2.05, 4.69) is 68.4 Å². The smallest absolute Gasteiger partial charge is 0.0873 e. The topological polar surface area (TPSA) is 66.2 Å². The van der Waals surface area contributed by atoms with Gasteiger partial charge < -0.3 is 15.2 Å². The fraction of sp³-hybridized carbons (Fsp3) is 0.290. The zero-order chi connectivity index (χ0) is 25.2. The van der Waals surface area contributed by atoms with Gasteiger partial charge in [-0.1, -0.05) is 80.9 Å². The molecule has 4 aromatic rings. The summed E-state index contributed by atoms with van der Waals surface area (Å²) >= 11 is 0. The van der Waals surface area contributed by atoms with E-state index in [0.717, 1.165) is 46.6 Å². The van der Waals surface area contributed by atoms with Gasteiger partial charge >= 0.3 is 0 Å². The third kappa shape index (κ3) is 8.46. The maximum Gasteiger partial charge on any atom is 0.0873 e. The van der Waals surface area contributed by atoms with Crippen molar-refractivity contribution in [2.24, 2.45) is 0 Å². The van der Waals surface area contributed by atoms with Gasteiger partial charge in [-0.25, -0.2) is 0 Å². The Labute approximate surface area is 228 Å². The van der Waals surface area contributed by atoms with Crippen molar-refractivity contribution < 1.29 is 30.3 Å². The van der Waals surface area contributed by atoms with Gasteiger partial charge in [0.05, 0.1) is 23.6 Å². The molecule has 36 heavy (non-hydrogen) atoms. The molecule has 4 nitrogen and oxygen atoms in total. The van der Waals surface area contributed by atoms with Crippen LogP contribution in [-0.2, 0) is 20.1 Å². The van der Waals surface area contributed by atoms with Gasteiger partial charge in [0, 0.05) is 37.6 Å². The van der Waals surface area contributed by atoms with Crippen LogP contribution in [0.15, 0.2) is 79.0 Å². The first-order chi connectivity index (χ1) is 16.9. The van der Waals surface area contributed by atoms with Gasteiger partial charge in [-0.2, -0.15) is 0 Å². The van der Waals surface area contributed by atoms with Gasteiger partial charge in [0.1, 0.15) is 0 Å². The second kappa shape index (κ2) is 14.8. The van der Waals surface area contributed by atoms with Crippen LogP contribution in [0.1, 0.15) is 44.2 Å².